The van der Waals surface area contributed by atoms with E-state index in [0.717, 1.165) is 18.4 Å². The van der Waals surface area contributed by atoms with E-state index in [2.05, 4.69) is 10.6 Å². The average Bonchev–Trinajstić information content (AvgIpc) is 2.91. The van der Waals surface area contributed by atoms with Crippen LogP contribution in [0.2, 0.25) is 0 Å². The predicted molar refractivity (Wildman–Crippen MR) is 103 cm³/mol. The number of alkyl carbamates (subject to hydrolysis) is 1. The molecule has 2 saturated heterocycles. The highest BCUT2D eigenvalue weighted by Gasteiger charge is 2.41. The second-order valence-corrected chi connectivity index (χ2v) is 7.29. The van der Waals surface area contributed by atoms with Crippen molar-refractivity contribution in [2.24, 2.45) is 0 Å². The van der Waals surface area contributed by atoms with E-state index in [1.807, 2.05) is 19.9 Å². The van der Waals surface area contributed by atoms with Crippen molar-refractivity contribution in [2.75, 3.05) is 38.2 Å². The van der Waals surface area contributed by atoms with Gasteiger partial charge in [0.2, 0.25) is 5.91 Å². The Balaban J connectivity index is 1.67. The van der Waals surface area contributed by atoms with E-state index in [0.29, 0.717) is 43.9 Å². The molecule has 3 amide bonds. The van der Waals surface area contributed by atoms with Gasteiger partial charge in [0.15, 0.2) is 0 Å². The molecule has 1 unspecified atom stereocenters. The molecule has 0 bridgehead atoms. The van der Waals surface area contributed by atoms with Crippen LogP contribution in [0.3, 0.4) is 0 Å². The fourth-order valence-electron chi connectivity index (χ4n) is 3.60. The molecule has 1 atom stereocenters. The van der Waals surface area contributed by atoms with Gasteiger partial charge in [-0.1, -0.05) is 6.07 Å². The molecule has 152 valence electrons. The summed E-state index contributed by atoms with van der Waals surface area (Å²) in [5.74, 6) is -0.337. The Kier molecular flexibility index (Phi) is 6.18. The highest BCUT2D eigenvalue weighted by Crippen LogP contribution is 2.30. The SMILES string of the molecule is CCOCC(=O)Nc1cc(C(=O)N2CCCC3(CC2)CNC(=O)O3)ccc1C. The number of hydrogen-bond acceptors (Lipinski definition) is 5. The first-order valence-corrected chi connectivity index (χ1v) is 9.67. The van der Waals surface area contributed by atoms with Crippen molar-refractivity contribution < 1.29 is 23.9 Å². The number of ether oxygens (including phenoxy) is 2. The van der Waals surface area contributed by atoms with Crippen molar-refractivity contribution in [1.29, 1.82) is 0 Å². The molecule has 8 heteroatoms. The number of nitrogens with one attached hydrogen (secondary N) is 2. The van der Waals surface area contributed by atoms with E-state index in [-0.39, 0.29) is 24.5 Å². The zero-order chi connectivity index (χ0) is 20.1. The third-order valence-corrected chi connectivity index (χ3v) is 5.24. The van der Waals surface area contributed by atoms with Crippen LogP contribution >= 0.6 is 0 Å². The van der Waals surface area contributed by atoms with Gasteiger partial charge in [0, 0.05) is 37.4 Å². The van der Waals surface area contributed by atoms with Crippen molar-refractivity contribution in [1.82, 2.24) is 10.2 Å². The van der Waals surface area contributed by atoms with Gasteiger partial charge in [-0.05, 0) is 44.4 Å². The van der Waals surface area contributed by atoms with Gasteiger partial charge < -0.3 is 25.0 Å². The summed E-state index contributed by atoms with van der Waals surface area (Å²) in [6, 6.07) is 5.30. The third kappa shape index (κ3) is 4.62. The van der Waals surface area contributed by atoms with Gasteiger partial charge in [0.05, 0.1) is 6.54 Å². The lowest BCUT2D eigenvalue weighted by Crippen LogP contribution is -2.36. The summed E-state index contributed by atoms with van der Waals surface area (Å²) in [4.78, 5) is 38.2. The molecule has 2 fully saturated rings. The smallest absolute Gasteiger partial charge is 0.407 e. The quantitative estimate of drug-likeness (QED) is 0.804. The summed E-state index contributed by atoms with van der Waals surface area (Å²) in [6.07, 6.45) is 1.74. The molecule has 1 aromatic rings. The van der Waals surface area contributed by atoms with E-state index < -0.39 is 5.60 Å². The molecule has 0 saturated carbocycles. The number of amides is 3. The molecular weight excluding hydrogens is 362 g/mol. The summed E-state index contributed by atoms with van der Waals surface area (Å²) in [7, 11) is 0. The maximum Gasteiger partial charge on any atom is 0.407 e. The lowest BCUT2D eigenvalue weighted by molar-refractivity contribution is -0.120. The molecule has 0 radical (unpaired) electrons. The molecule has 3 rings (SSSR count). The number of rotatable bonds is 5. The molecule has 0 aromatic heterocycles. The van der Waals surface area contributed by atoms with E-state index in [9.17, 15) is 14.4 Å². The van der Waals surface area contributed by atoms with Crippen molar-refractivity contribution in [3.8, 4) is 0 Å². The summed E-state index contributed by atoms with van der Waals surface area (Å²) in [6.45, 7) is 5.77. The first kappa shape index (κ1) is 20.1. The summed E-state index contributed by atoms with van der Waals surface area (Å²) < 4.78 is 10.6. The van der Waals surface area contributed by atoms with Gasteiger partial charge >= 0.3 is 6.09 Å². The number of aryl methyl sites for hydroxylation is 1. The lowest BCUT2D eigenvalue weighted by Gasteiger charge is -2.25. The minimum absolute atomic E-state index is 0.0188. The Labute approximate surface area is 164 Å². The summed E-state index contributed by atoms with van der Waals surface area (Å²) in [5, 5.41) is 5.51. The van der Waals surface area contributed by atoms with E-state index in [1.165, 1.54) is 0 Å². The van der Waals surface area contributed by atoms with Crippen LogP contribution in [0.4, 0.5) is 10.5 Å². The number of carbonyl (C=O) groups is 3. The predicted octanol–water partition coefficient (Wildman–Crippen LogP) is 2.07. The molecule has 1 spiro atoms. The van der Waals surface area contributed by atoms with Crippen LogP contribution in [-0.4, -0.2) is 61.3 Å². The molecule has 1 aromatic carbocycles. The van der Waals surface area contributed by atoms with Gasteiger partial charge in [0.25, 0.3) is 5.91 Å². The maximum absolute atomic E-state index is 13.0. The molecule has 2 N–H and O–H groups in total. The van der Waals surface area contributed by atoms with E-state index in [4.69, 9.17) is 9.47 Å². The minimum atomic E-state index is -0.502. The number of benzene rings is 1. The Hall–Kier alpha value is -2.61. The number of nitrogens with zero attached hydrogens (tertiary/aromatic N) is 1. The van der Waals surface area contributed by atoms with Crippen molar-refractivity contribution in [3.63, 3.8) is 0 Å². The Morgan fingerprint density at radius 2 is 2.14 bits per heavy atom. The fourth-order valence-corrected chi connectivity index (χ4v) is 3.60. The zero-order valence-electron chi connectivity index (χ0n) is 16.4. The number of carbonyl (C=O) groups excluding carboxylic acids is 3. The first-order valence-electron chi connectivity index (χ1n) is 9.67. The molecule has 2 aliphatic rings. The molecular formula is C20H27N3O5. The van der Waals surface area contributed by atoms with Gasteiger partial charge in [-0.3, -0.25) is 9.59 Å². The van der Waals surface area contributed by atoms with E-state index in [1.54, 1.807) is 17.0 Å². The lowest BCUT2D eigenvalue weighted by atomic mass is 9.95. The Morgan fingerprint density at radius 3 is 2.86 bits per heavy atom. The normalized spacial score (nSPS) is 21.8. The molecule has 2 heterocycles. The Morgan fingerprint density at radius 1 is 1.32 bits per heavy atom. The fraction of sp³-hybridized carbons (Fsp3) is 0.550. The summed E-state index contributed by atoms with van der Waals surface area (Å²) >= 11 is 0. The van der Waals surface area contributed by atoms with Crippen LogP contribution in [0, 0.1) is 6.92 Å². The van der Waals surface area contributed by atoms with Crippen LogP contribution < -0.4 is 10.6 Å². The highest BCUT2D eigenvalue weighted by molar-refractivity contribution is 5.98. The minimum Gasteiger partial charge on any atom is -0.441 e. The third-order valence-electron chi connectivity index (χ3n) is 5.24. The molecule has 28 heavy (non-hydrogen) atoms. The van der Waals surface area contributed by atoms with Crippen molar-refractivity contribution >= 4 is 23.6 Å². The van der Waals surface area contributed by atoms with Crippen LogP contribution in [-0.2, 0) is 14.3 Å². The number of hydrogen-bond donors (Lipinski definition) is 2. The van der Waals surface area contributed by atoms with E-state index >= 15 is 0 Å². The first-order chi connectivity index (χ1) is 13.4. The summed E-state index contributed by atoms with van der Waals surface area (Å²) in [5.41, 5.74) is 1.50. The Bertz CT molecular complexity index is 766. The van der Waals surface area contributed by atoms with Crippen LogP contribution in [0.25, 0.3) is 0 Å². The highest BCUT2D eigenvalue weighted by atomic mass is 16.6. The molecule has 0 aliphatic carbocycles. The van der Waals surface area contributed by atoms with Gasteiger partial charge in [-0.2, -0.15) is 0 Å². The van der Waals surface area contributed by atoms with Crippen LogP contribution in [0.1, 0.15) is 42.1 Å². The number of likely N-dealkylation sites (tertiary alicyclic amines) is 1. The average molecular weight is 389 g/mol. The van der Waals surface area contributed by atoms with Gasteiger partial charge in [-0.25, -0.2) is 4.79 Å². The second-order valence-electron chi connectivity index (χ2n) is 7.29. The van der Waals surface area contributed by atoms with Crippen LogP contribution in [0.15, 0.2) is 18.2 Å². The van der Waals surface area contributed by atoms with Gasteiger partial charge in [0.1, 0.15) is 12.2 Å². The second kappa shape index (κ2) is 8.60. The van der Waals surface area contributed by atoms with Crippen molar-refractivity contribution in [3.05, 3.63) is 29.3 Å². The van der Waals surface area contributed by atoms with Crippen LogP contribution in [0.5, 0.6) is 0 Å². The molecule has 2 aliphatic heterocycles. The monoisotopic (exact) mass is 389 g/mol. The standard InChI is InChI=1S/C20H27N3O5/c1-3-27-12-17(24)22-16-11-15(6-5-14(16)2)18(25)23-9-4-7-20(8-10-23)13-21-19(26)28-20/h5-6,11H,3-4,7-10,12-13H2,1-2H3,(H,21,26)(H,22,24). The maximum atomic E-state index is 13.0. The zero-order valence-corrected chi connectivity index (χ0v) is 16.4. The topological polar surface area (TPSA) is 97.0 Å². The van der Waals surface area contributed by atoms with Gasteiger partial charge in [-0.15, -0.1) is 0 Å². The van der Waals surface area contributed by atoms with Crippen molar-refractivity contribution in [2.45, 2.75) is 38.7 Å². The molecule has 8 nitrogen and oxygen atoms in total. The largest absolute Gasteiger partial charge is 0.441 e. The number of anilines is 1.